The van der Waals surface area contributed by atoms with Crippen molar-refractivity contribution in [2.75, 3.05) is 19.6 Å². The van der Waals surface area contributed by atoms with Gasteiger partial charge < -0.3 is 10.6 Å². The molecule has 0 radical (unpaired) electrons. The Labute approximate surface area is 212 Å². The van der Waals surface area contributed by atoms with Crippen LogP contribution in [-0.2, 0) is 6.18 Å². The average molecular weight is 511 g/mol. The van der Waals surface area contributed by atoms with E-state index in [1.165, 1.54) is 18.3 Å². The van der Waals surface area contributed by atoms with Crippen molar-refractivity contribution < 1.29 is 18.0 Å². The number of carbonyl (C=O) groups excluding carboxylic acids is 1. The summed E-state index contributed by atoms with van der Waals surface area (Å²) >= 11 is 0. The maximum absolute atomic E-state index is 12.9. The molecule has 0 spiro atoms. The zero-order valence-electron chi connectivity index (χ0n) is 20.7. The number of aromatic nitrogens is 4. The van der Waals surface area contributed by atoms with Crippen LogP contribution in [0, 0.1) is 6.92 Å². The Morgan fingerprint density at radius 2 is 1.97 bits per heavy atom. The number of fused-ring (bicyclic) bond motifs is 1. The van der Waals surface area contributed by atoms with E-state index in [0.717, 1.165) is 54.8 Å². The zero-order valence-corrected chi connectivity index (χ0v) is 20.7. The third kappa shape index (κ3) is 6.14. The second-order valence-electron chi connectivity index (χ2n) is 9.12. The third-order valence-corrected chi connectivity index (χ3v) is 6.40. The summed E-state index contributed by atoms with van der Waals surface area (Å²) in [5.41, 5.74) is 8.82. The van der Waals surface area contributed by atoms with Gasteiger partial charge in [0.1, 0.15) is 0 Å². The number of hydrogen-bond acceptors (Lipinski definition) is 5. The number of benzene rings is 1. The minimum absolute atomic E-state index is 0.0226. The van der Waals surface area contributed by atoms with Crippen molar-refractivity contribution >= 4 is 16.9 Å². The van der Waals surface area contributed by atoms with Crippen LogP contribution in [0.4, 0.5) is 13.2 Å². The summed E-state index contributed by atoms with van der Waals surface area (Å²) in [5.74, 6) is -0.484. The normalized spacial score (nSPS) is 16.0. The molecule has 4 heterocycles. The van der Waals surface area contributed by atoms with E-state index in [-0.39, 0.29) is 5.92 Å². The van der Waals surface area contributed by atoms with E-state index >= 15 is 0 Å². The van der Waals surface area contributed by atoms with Crippen LogP contribution in [-0.4, -0.2) is 50.6 Å². The smallest absolute Gasteiger partial charge is 0.366 e. The number of likely N-dealkylation sites (tertiary alicyclic amines) is 1. The first-order valence-corrected chi connectivity index (χ1v) is 12.1. The number of rotatable bonds is 5. The van der Waals surface area contributed by atoms with Gasteiger partial charge in [-0.2, -0.15) is 18.3 Å². The molecule has 0 saturated carbocycles. The Hall–Kier alpha value is -3.79. The van der Waals surface area contributed by atoms with Gasteiger partial charge >= 0.3 is 6.18 Å². The number of nitrogens with one attached hydrogen (secondary N) is 1. The number of carbonyl (C=O) groups is 1. The van der Waals surface area contributed by atoms with Crippen LogP contribution in [0.2, 0.25) is 0 Å². The van der Waals surface area contributed by atoms with Gasteiger partial charge in [-0.25, -0.2) is 4.98 Å². The first-order valence-electron chi connectivity index (χ1n) is 12.1. The first-order chi connectivity index (χ1) is 17.7. The number of aryl methyl sites for hydroxylation is 1. The Kier molecular flexibility index (Phi) is 7.87. The number of primary amides is 1. The highest BCUT2D eigenvalue weighted by Crippen LogP contribution is 2.38. The SMILES string of the molecule is CCCN1CCC(c2ccccc2C(F)(F)F)C1.Cc1cc(-c2[nH]nc3ncc(C(N)=O)cc23)ccn1. The number of aromatic amines is 1. The molecule has 1 aliphatic heterocycles. The quantitative estimate of drug-likeness (QED) is 0.378. The molecule has 10 heteroatoms. The molecule has 37 heavy (non-hydrogen) atoms. The highest BCUT2D eigenvalue weighted by Gasteiger charge is 2.36. The van der Waals surface area contributed by atoms with E-state index in [1.54, 1.807) is 24.4 Å². The van der Waals surface area contributed by atoms with Crippen LogP contribution in [0.1, 0.15) is 52.9 Å². The standard InChI is InChI=1S/C14H18F3N.C13H11N5O/c1-2-8-18-9-7-11(10-18)12-5-3-4-6-13(12)14(15,16)17;1-7-4-8(2-3-15-7)11-10-5-9(12(14)19)6-16-13(10)18-17-11/h3-6,11H,2,7-10H2,1H3;2-6H,1H3,(H2,14,19)(H,16,17,18). The highest BCUT2D eigenvalue weighted by molar-refractivity contribution is 5.99. The highest BCUT2D eigenvalue weighted by atomic mass is 19.4. The fourth-order valence-corrected chi connectivity index (χ4v) is 4.67. The minimum Gasteiger partial charge on any atom is -0.366 e. The summed E-state index contributed by atoms with van der Waals surface area (Å²) in [6.07, 6.45) is 0.783. The van der Waals surface area contributed by atoms with Gasteiger partial charge in [-0.3, -0.25) is 14.9 Å². The molecule has 1 aromatic carbocycles. The van der Waals surface area contributed by atoms with Gasteiger partial charge in [0.15, 0.2) is 5.65 Å². The molecule has 3 N–H and O–H groups in total. The van der Waals surface area contributed by atoms with E-state index in [1.807, 2.05) is 19.1 Å². The van der Waals surface area contributed by atoms with Crippen molar-refractivity contribution in [3.8, 4) is 11.3 Å². The fraction of sp³-hybridized carbons (Fsp3) is 0.333. The lowest BCUT2D eigenvalue weighted by molar-refractivity contribution is -0.138. The van der Waals surface area contributed by atoms with Gasteiger partial charge in [-0.05, 0) is 68.6 Å². The van der Waals surface area contributed by atoms with Crippen molar-refractivity contribution in [2.24, 2.45) is 5.73 Å². The number of alkyl halides is 3. The van der Waals surface area contributed by atoms with Crippen LogP contribution in [0.15, 0.2) is 54.9 Å². The molecule has 1 unspecified atom stereocenters. The third-order valence-electron chi connectivity index (χ3n) is 6.40. The first kappa shape index (κ1) is 26.3. The molecule has 1 fully saturated rings. The predicted octanol–water partition coefficient (Wildman–Crippen LogP) is 5.33. The van der Waals surface area contributed by atoms with E-state index in [0.29, 0.717) is 16.8 Å². The van der Waals surface area contributed by atoms with E-state index in [9.17, 15) is 18.0 Å². The molecule has 3 aromatic heterocycles. The summed E-state index contributed by atoms with van der Waals surface area (Å²) in [4.78, 5) is 21.7. The van der Waals surface area contributed by atoms with Gasteiger partial charge in [0.25, 0.3) is 0 Å². The molecule has 0 bridgehead atoms. The number of hydrogen-bond donors (Lipinski definition) is 2. The number of nitrogens with two attached hydrogens (primary N) is 1. The monoisotopic (exact) mass is 510 g/mol. The van der Waals surface area contributed by atoms with E-state index in [2.05, 4.69) is 32.0 Å². The Morgan fingerprint density at radius 1 is 1.19 bits per heavy atom. The summed E-state index contributed by atoms with van der Waals surface area (Å²) < 4.78 is 38.8. The summed E-state index contributed by atoms with van der Waals surface area (Å²) in [6.45, 7) is 6.64. The molecule has 1 saturated heterocycles. The van der Waals surface area contributed by atoms with Crippen molar-refractivity contribution in [1.29, 1.82) is 0 Å². The molecule has 1 atom stereocenters. The van der Waals surface area contributed by atoms with Crippen LogP contribution in [0.5, 0.6) is 0 Å². The molecule has 0 aliphatic carbocycles. The lowest BCUT2D eigenvalue weighted by Crippen LogP contribution is -2.21. The molecule has 1 amide bonds. The van der Waals surface area contributed by atoms with Crippen LogP contribution in [0.25, 0.3) is 22.3 Å². The Morgan fingerprint density at radius 3 is 2.68 bits per heavy atom. The van der Waals surface area contributed by atoms with Crippen LogP contribution in [0.3, 0.4) is 0 Å². The van der Waals surface area contributed by atoms with E-state index < -0.39 is 17.6 Å². The van der Waals surface area contributed by atoms with Crippen LogP contribution < -0.4 is 5.73 Å². The van der Waals surface area contributed by atoms with Crippen molar-refractivity contribution in [3.63, 3.8) is 0 Å². The van der Waals surface area contributed by atoms with Gasteiger partial charge in [-0.1, -0.05) is 25.1 Å². The fourth-order valence-electron chi connectivity index (χ4n) is 4.67. The molecule has 194 valence electrons. The maximum Gasteiger partial charge on any atom is 0.416 e. The lowest BCUT2D eigenvalue weighted by Gasteiger charge is -2.18. The predicted molar refractivity (Wildman–Crippen MR) is 136 cm³/mol. The van der Waals surface area contributed by atoms with Crippen LogP contribution >= 0.6 is 0 Å². The second-order valence-corrected chi connectivity index (χ2v) is 9.12. The topological polar surface area (TPSA) is 101 Å². The van der Waals surface area contributed by atoms with E-state index in [4.69, 9.17) is 5.73 Å². The molecule has 1 aliphatic rings. The number of H-pyrrole nitrogens is 1. The van der Waals surface area contributed by atoms with Gasteiger partial charge in [0.05, 0.1) is 16.8 Å². The lowest BCUT2D eigenvalue weighted by atomic mass is 9.93. The van der Waals surface area contributed by atoms with Crippen molar-refractivity contribution in [2.45, 2.75) is 38.8 Å². The second kappa shape index (κ2) is 11.1. The molecule has 4 aromatic rings. The average Bonchev–Trinajstić information content (AvgIpc) is 3.51. The Bertz CT molecular complexity index is 1380. The number of nitrogens with zero attached hydrogens (tertiary/aromatic N) is 4. The minimum atomic E-state index is -4.24. The summed E-state index contributed by atoms with van der Waals surface area (Å²) in [6, 6.07) is 11.5. The van der Waals surface area contributed by atoms with Crippen molar-refractivity contribution in [1.82, 2.24) is 25.1 Å². The zero-order chi connectivity index (χ0) is 26.6. The summed E-state index contributed by atoms with van der Waals surface area (Å²) in [7, 11) is 0. The maximum atomic E-state index is 12.9. The largest absolute Gasteiger partial charge is 0.416 e. The summed E-state index contributed by atoms with van der Waals surface area (Å²) in [5, 5.41) is 7.81. The Balaban J connectivity index is 0.000000173. The molecular formula is C27H29F3N6O. The van der Waals surface area contributed by atoms with Gasteiger partial charge in [-0.15, -0.1) is 0 Å². The number of amides is 1. The molecule has 7 nitrogen and oxygen atoms in total. The number of halogens is 3. The molecule has 5 rings (SSSR count). The number of pyridine rings is 2. The van der Waals surface area contributed by atoms with Gasteiger partial charge in [0, 0.05) is 35.6 Å². The molecular weight excluding hydrogens is 481 g/mol. The van der Waals surface area contributed by atoms with Crippen molar-refractivity contribution in [3.05, 3.63) is 77.2 Å². The van der Waals surface area contributed by atoms with Gasteiger partial charge in [0.2, 0.25) is 5.91 Å².